The fourth-order valence-electron chi connectivity index (χ4n) is 5.68. The van der Waals surface area contributed by atoms with Crippen molar-refractivity contribution in [3.05, 3.63) is 132 Å². The molecule has 2 aromatic heterocycles. The zero-order valence-electron chi connectivity index (χ0n) is 28.7. The molecule has 0 saturated heterocycles. The smallest absolute Gasteiger partial charge is 0.0613 e. The third kappa shape index (κ3) is 8.88. The summed E-state index contributed by atoms with van der Waals surface area (Å²) in [5.41, 5.74) is 6.46. The van der Waals surface area contributed by atoms with Crippen LogP contribution in [-0.4, -0.2) is 32.0 Å². The molecular weight excluding hydrogens is 779 g/mol. The van der Waals surface area contributed by atoms with Gasteiger partial charge in [0.1, 0.15) is 0 Å². The van der Waals surface area contributed by atoms with Crippen LogP contribution in [0, 0.1) is 17.3 Å². The van der Waals surface area contributed by atoms with E-state index < -0.39 is 12.2 Å². The van der Waals surface area contributed by atoms with Crippen LogP contribution in [0.5, 0.6) is 0 Å². The van der Waals surface area contributed by atoms with Gasteiger partial charge in [-0.3, -0.25) is 4.39 Å². The molecule has 4 aromatic carbocycles. The fraction of sp³-hybridized carbons (Fsp3) is 0.310. The Labute approximate surface area is 298 Å². The minimum atomic E-state index is -0.495. The molecule has 48 heavy (non-hydrogen) atoms. The second-order valence-electron chi connectivity index (χ2n) is 14.4. The van der Waals surface area contributed by atoms with Gasteiger partial charge < -0.3 is 19.8 Å². The molecule has 0 saturated carbocycles. The molecule has 2 heterocycles. The largest absolute Gasteiger partial charge is 0.393 e. The maximum atomic E-state index is 14.0. The van der Waals surface area contributed by atoms with E-state index in [1.807, 2.05) is 39.0 Å². The Morgan fingerprint density at radius 3 is 1.90 bits per heavy atom. The van der Waals surface area contributed by atoms with E-state index in [0.29, 0.717) is 24.1 Å². The molecule has 0 amide bonds. The summed E-state index contributed by atoms with van der Waals surface area (Å²) in [5.74, 6) is -0.267. The van der Waals surface area contributed by atoms with Gasteiger partial charge in [0.25, 0.3) is 0 Å². The number of para-hydroxylation sites is 2. The predicted molar refractivity (Wildman–Crippen MR) is 192 cm³/mol. The van der Waals surface area contributed by atoms with Crippen molar-refractivity contribution in [3.63, 3.8) is 0 Å². The van der Waals surface area contributed by atoms with Crippen molar-refractivity contribution in [2.24, 2.45) is 5.41 Å². The van der Waals surface area contributed by atoms with Crippen molar-refractivity contribution in [3.8, 4) is 16.9 Å². The molecule has 2 unspecified atom stereocenters. The van der Waals surface area contributed by atoms with E-state index in [0.717, 1.165) is 17.7 Å². The second-order valence-corrected chi connectivity index (χ2v) is 14.4. The van der Waals surface area contributed by atoms with Crippen LogP contribution >= 0.6 is 0 Å². The zero-order valence-corrected chi connectivity index (χ0v) is 30.9. The monoisotopic (exact) mass is 824 g/mol. The van der Waals surface area contributed by atoms with E-state index in [9.17, 15) is 14.6 Å². The molecule has 0 aliphatic carbocycles. The number of pyridine rings is 1. The molecule has 6 heteroatoms. The Balaban J connectivity index is 0.000000246. The van der Waals surface area contributed by atoms with Crippen LogP contribution in [0.3, 0.4) is 0 Å². The zero-order chi connectivity index (χ0) is 33.8. The van der Waals surface area contributed by atoms with Crippen molar-refractivity contribution in [2.75, 3.05) is 0 Å². The van der Waals surface area contributed by atoms with Crippen molar-refractivity contribution in [1.82, 2.24) is 9.55 Å². The van der Waals surface area contributed by atoms with Crippen LogP contribution in [0.25, 0.3) is 38.8 Å². The first-order valence-electron chi connectivity index (χ1n) is 16.4. The summed E-state index contributed by atoms with van der Waals surface area (Å²) in [5, 5.41) is 23.1. The molecule has 6 aromatic rings. The third-order valence-electron chi connectivity index (χ3n) is 8.72. The third-order valence-corrected chi connectivity index (χ3v) is 8.72. The number of aliphatic hydroxyl groups excluding tert-OH is 2. The molecule has 0 radical (unpaired) electrons. The van der Waals surface area contributed by atoms with Gasteiger partial charge in [0, 0.05) is 49.5 Å². The predicted octanol–water partition coefficient (Wildman–Crippen LogP) is 9.86. The van der Waals surface area contributed by atoms with E-state index in [1.54, 1.807) is 18.3 Å². The number of aromatic nitrogens is 2. The van der Waals surface area contributed by atoms with Crippen LogP contribution in [0.2, 0.25) is 0 Å². The fourth-order valence-corrected chi connectivity index (χ4v) is 5.68. The van der Waals surface area contributed by atoms with Gasteiger partial charge in [0.05, 0.1) is 23.2 Å². The summed E-state index contributed by atoms with van der Waals surface area (Å²) in [6, 6.07) is 37.5. The summed E-state index contributed by atoms with van der Waals surface area (Å²) in [6.07, 6.45) is 2.54. The average molecular weight is 825 g/mol. The average Bonchev–Trinajstić information content (AvgIpc) is 3.38. The van der Waals surface area contributed by atoms with Gasteiger partial charge in [-0.05, 0) is 71.7 Å². The number of halogens is 1. The number of aryl methyl sites for hydroxylation is 1. The summed E-state index contributed by atoms with van der Waals surface area (Å²) >= 11 is 0. The van der Waals surface area contributed by atoms with Crippen molar-refractivity contribution >= 4 is 21.8 Å². The first-order valence-corrected chi connectivity index (χ1v) is 16.4. The Morgan fingerprint density at radius 2 is 1.38 bits per heavy atom. The molecule has 2 atom stereocenters. The van der Waals surface area contributed by atoms with Crippen LogP contribution in [0.15, 0.2) is 109 Å². The molecule has 4 nitrogen and oxygen atoms in total. The number of hydrogen-bond acceptors (Lipinski definition) is 3. The minimum Gasteiger partial charge on any atom is -0.393 e. The van der Waals surface area contributed by atoms with E-state index in [1.165, 1.54) is 27.4 Å². The summed E-state index contributed by atoms with van der Waals surface area (Å²) in [7, 11) is 0. The van der Waals surface area contributed by atoms with Crippen LogP contribution in [0.1, 0.15) is 65.5 Å². The summed E-state index contributed by atoms with van der Waals surface area (Å²) in [4.78, 5) is 4.13. The Kier molecular flexibility index (Phi) is 12.2. The number of fused-ring (bicyclic) bond motifs is 3. The molecule has 0 bridgehead atoms. The molecule has 6 rings (SSSR count). The van der Waals surface area contributed by atoms with E-state index in [2.05, 4.69) is 109 Å². The molecule has 0 aliphatic heterocycles. The first kappa shape index (κ1) is 37.2. The van der Waals surface area contributed by atoms with Crippen LogP contribution in [-0.2, 0) is 32.9 Å². The normalized spacial score (nSPS) is 13.0. The molecule has 0 aliphatic rings. The summed E-state index contributed by atoms with van der Waals surface area (Å²) < 4.78 is 16.3. The van der Waals surface area contributed by atoms with Gasteiger partial charge in [-0.15, -0.1) is 23.8 Å². The van der Waals surface area contributed by atoms with Crippen molar-refractivity contribution in [2.45, 2.75) is 78.4 Å². The molecule has 2 N–H and O–H groups in total. The summed E-state index contributed by atoms with van der Waals surface area (Å²) in [6.45, 7) is 12.1. The minimum absolute atomic E-state index is 0. The van der Waals surface area contributed by atoms with Gasteiger partial charge in [0.15, 0.2) is 0 Å². The molecule has 0 fully saturated rings. The van der Waals surface area contributed by atoms with Gasteiger partial charge in [-0.1, -0.05) is 108 Å². The molecule has 0 spiro atoms. The SMILES string of the molecule is CC(C)(C)C(O)CC(O)CCc1ccc(-n2c3ccccc3c3ccccc32)cc1.CC(C)(C)c1c[c-]c(-c2ccccn2)c(F)c1.[Pt]. The molecular formula is C42H46FN2O2Pt-. The maximum absolute atomic E-state index is 14.0. The second kappa shape index (κ2) is 15.7. The van der Waals surface area contributed by atoms with E-state index in [-0.39, 0.29) is 37.7 Å². The number of aliphatic hydroxyl groups is 2. The van der Waals surface area contributed by atoms with Gasteiger partial charge in [-0.2, -0.15) is 0 Å². The van der Waals surface area contributed by atoms with E-state index >= 15 is 0 Å². The first-order chi connectivity index (χ1) is 22.3. The Bertz CT molecular complexity index is 1870. The standard InChI is InChI=1S/C27H31NO2.C15H15FN.Pt/c1-27(2,3)26(30)18-21(29)17-14-19-12-15-20(16-13-19)28-24-10-6-4-8-22(24)23-9-5-7-11-25(23)28;1-15(2,3)11-7-8-12(13(16)10-11)14-6-4-5-9-17-14;/h4-13,15-16,21,26,29-30H,14,17-18H2,1-3H3;4-7,9-10H,1-3H3;/q;-1;. The Morgan fingerprint density at radius 1 is 0.792 bits per heavy atom. The number of nitrogens with zero attached hydrogens (tertiary/aromatic N) is 2. The quantitative estimate of drug-likeness (QED) is 0.158. The van der Waals surface area contributed by atoms with Crippen molar-refractivity contribution < 1.29 is 35.7 Å². The number of benzene rings is 4. The van der Waals surface area contributed by atoms with Gasteiger partial charge in [-0.25, -0.2) is 0 Å². The number of rotatable bonds is 7. The molecule has 254 valence electrons. The van der Waals surface area contributed by atoms with Crippen LogP contribution in [0.4, 0.5) is 4.39 Å². The maximum Gasteiger partial charge on any atom is 0.0613 e. The Hall–Kier alpha value is -3.63. The van der Waals surface area contributed by atoms with Crippen molar-refractivity contribution in [1.29, 1.82) is 0 Å². The topological polar surface area (TPSA) is 58.3 Å². The van der Waals surface area contributed by atoms with Gasteiger partial charge >= 0.3 is 0 Å². The van der Waals surface area contributed by atoms with Gasteiger partial charge in [0.2, 0.25) is 0 Å². The number of hydrogen-bond donors (Lipinski definition) is 2. The van der Waals surface area contributed by atoms with E-state index in [4.69, 9.17) is 0 Å². The van der Waals surface area contributed by atoms with Crippen LogP contribution < -0.4 is 0 Å².